The van der Waals surface area contributed by atoms with Gasteiger partial charge in [-0.05, 0) is 42.0 Å². The molecule has 3 aromatic rings. The van der Waals surface area contributed by atoms with Crippen LogP contribution in [0.15, 0.2) is 90.5 Å². The molecule has 0 N–H and O–H groups in total. The van der Waals surface area contributed by atoms with Crippen molar-refractivity contribution in [3.63, 3.8) is 0 Å². The zero-order valence-corrected chi connectivity index (χ0v) is 21.7. The van der Waals surface area contributed by atoms with Crippen molar-refractivity contribution < 1.29 is 9.53 Å². The molecule has 3 atom stereocenters. The summed E-state index contributed by atoms with van der Waals surface area (Å²) >= 11 is 0. The first-order valence-corrected chi connectivity index (χ1v) is 13.6. The Morgan fingerprint density at radius 1 is 0.784 bits per heavy atom. The molecule has 4 aliphatic rings. The molecule has 0 unspecified atom stereocenters. The molecule has 7 rings (SSSR count). The number of Topliss-reactive ketones (excluding diaryl/α,β-unsaturated/α-hetero) is 1. The van der Waals surface area contributed by atoms with Crippen molar-refractivity contribution in [3.8, 4) is 5.75 Å². The van der Waals surface area contributed by atoms with Gasteiger partial charge in [0, 0.05) is 50.2 Å². The molecule has 1 saturated heterocycles. The van der Waals surface area contributed by atoms with E-state index < -0.39 is 0 Å². The summed E-state index contributed by atoms with van der Waals surface area (Å²) in [6, 6.07) is 29.1. The second kappa shape index (κ2) is 10.6. The second-order valence-corrected chi connectivity index (χ2v) is 10.9. The zero-order valence-electron chi connectivity index (χ0n) is 21.7. The maximum Gasteiger partial charge on any atom is 0.144 e. The Kier molecular flexibility index (Phi) is 6.95. The van der Waals surface area contributed by atoms with Crippen LogP contribution in [0.3, 0.4) is 0 Å². The lowest BCUT2D eigenvalue weighted by atomic mass is 9.78. The molecule has 37 heavy (non-hydrogen) atoms. The molecule has 1 aliphatic carbocycles. The summed E-state index contributed by atoms with van der Waals surface area (Å²) in [6.45, 7) is 3.99. The van der Waals surface area contributed by atoms with E-state index in [9.17, 15) is 4.79 Å². The van der Waals surface area contributed by atoms with E-state index in [1.165, 1.54) is 22.3 Å². The Bertz CT molecular complexity index is 1270. The summed E-state index contributed by atoms with van der Waals surface area (Å²) < 4.78 is 5.74. The number of carbonyl (C=O) groups excluding carboxylic acids is 1. The Labute approximate surface area is 220 Å². The van der Waals surface area contributed by atoms with E-state index in [2.05, 4.69) is 94.7 Å². The fourth-order valence-electron chi connectivity index (χ4n) is 6.54. The number of ketones is 1. The standard InChI is InChI=1S/C33H36N2O2/c1-37-33-15-13-27-17-29-23-34(20-24-8-4-2-5-9-24)28(22-35(29)21-25-10-6-3-7-11-25)16-26-12-14-32(36)30(18-26)31(33)19-27/h2-13,15,19,28-30H,14,16-18,20-23H2,1H3/t28-,29-,30-/m0/s1. The first-order chi connectivity index (χ1) is 18.2. The fraction of sp³-hybridized carbons (Fsp3) is 0.364. The average molecular weight is 493 g/mol. The number of piperazine rings is 1. The first-order valence-electron chi connectivity index (χ1n) is 13.6. The van der Waals surface area contributed by atoms with E-state index in [1.54, 1.807) is 7.11 Å². The topological polar surface area (TPSA) is 32.8 Å². The van der Waals surface area contributed by atoms with Gasteiger partial charge in [0.25, 0.3) is 0 Å². The lowest BCUT2D eigenvalue weighted by Crippen LogP contribution is -2.58. The monoisotopic (exact) mass is 492 g/mol. The summed E-state index contributed by atoms with van der Waals surface area (Å²) in [6.07, 6.45) is 5.52. The molecule has 6 bridgehead atoms. The Balaban J connectivity index is 1.40. The highest BCUT2D eigenvalue weighted by Gasteiger charge is 2.37. The van der Waals surface area contributed by atoms with E-state index in [1.807, 2.05) is 0 Å². The normalized spacial score (nSPS) is 24.2. The number of nitrogens with zero attached hydrogens (tertiary/aromatic N) is 2. The highest BCUT2D eigenvalue weighted by molar-refractivity contribution is 5.89. The van der Waals surface area contributed by atoms with Gasteiger partial charge in [-0.3, -0.25) is 14.6 Å². The van der Waals surface area contributed by atoms with Crippen molar-refractivity contribution in [2.75, 3.05) is 20.2 Å². The van der Waals surface area contributed by atoms with Gasteiger partial charge in [0.2, 0.25) is 0 Å². The summed E-state index contributed by atoms with van der Waals surface area (Å²) in [4.78, 5) is 18.5. The van der Waals surface area contributed by atoms with E-state index in [0.717, 1.165) is 56.8 Å². The molecule has 0 saturated carbocycles. The van der Waals surface area contributed by atoms with Crippen LogP contribution in [0.1, 0.15) is 47.4 Å². The number of methoxy groups -OCH3 is 1. The molecule has 3 aromatic carbocycles. The number of carbonyl (C=O) groups is 1. The third-order valence-electron chi connectivity index (χ3n) is 8.47. The van der Waals surface area contributed by atoms with Crippen molar-refractivity contribution in [1.82, 2.24) is 9.80 Å². The predicted molar refractivity (Wildman–Crippen MR) is 148 cm³/mol. The number of hydrogen-bond acceptors (Lipinski definition) is 4. The molecular weight excluding hydrogens is 456 g/mol. The van der Waals surface area contributed by atoms with Crippen LogP contribution in [0.25, 0.3) is 0 Å². The first kappa shape index (κ1) is 24.1. The Hall–Kier alpha value is -3.21. The predicted octanol–water partition coefficient (Wildman–Crippen LogP) is 5.77. The molecule has 190 valence electrons. The number of hydrogen-bond donors (Lipinski definition) is 0. The van der Waals surface area contributed by atoms with E-state index in [-0.39, 0.29) is 5.92 Å². The van der Waals surface area contributed by atoms with Gasteiger partial charge < -0.3 is 4.74 Å². The van der Waals surface area contributed by atoms with Gasteiger partial charge >= 0.3 is 0 Å². The lowest BCUT2D eigenvalue weighted by molar-refractivity contribution is -0.120. The second-order valence-electron chi connectivity index (χ2n) is 10.9. The van der Waals surface area contributed by atoms with Gasteiger partial charge in [-0.15, -0.1) is 0 Å². The van der Waals surface area contributed by atoms with Crippen molar-refractivity contribution in [3.05, 3.63) is 113 Å². The maximum atomic E-state index is 13.1. The minimum absolute atomic E-state index is 0.101. The van der Waals surface area contributed by atoms with Gasteiger partial charge in [0.05, 0.1) is 13.0 Å². The average Bonchev–Trinajstić information content (AvgIpc) is 2.92. The highest BCUT2D eigenvalue weighted by atomic mass is 16.5. The maximum absolute atomic E-state index is 13.1. The van der Waals surface area contributed by atoms with Crippen LogP contribution in [-0.2, 0) is 24.3 Å². The third-order valence-corrected chi connectivity index (χ3v) is 8.47. The van der Waals surface area contributed by atoms with Crippen LogP contribution in [0.2, 0.25) is 0 Å². The number of benzene rings is 3. The molecule has 0 radical (unpaired) electrons. The minimum Gasteiger partial charge on any atom is -0.496 e. The van der Waals surface area contributed by atoms with E-state index >= 15 is 0 Å². The van der Waals surface area contributed by atoms with Crippen molar-refractivity contribution in [1.29, 1.82) is 0 Å². The fourth-order valence-corrected chi connectivity index (χ4v) is 6.54. The number of allylic oxidation sites excluding steroid dienone is 1. The molecule has 3 heterocycles. The third kappa shape index (κ3) is 5.27. The van der Waals surface area contributed by atoms with Crippen LogP contribution < -0.4 is 4.74 Å². The van der Waals surface area contributed by atoms with Gasteiger partial charge in [0.15, 0.2) is 0 Å². The zero-order chi connectivity index (χ0) is 25.2. The highest BCUT2D eigenvalue weighted by Crippen LogP contribution is 2.39. The van der Waals surface area contributed by atoms with Crippen LogP contribution in [0.5, 0.6) is 5.75 Å². The molecule has 1 fully saturated rings. The number of fused-ring (bicyclic) bond motifs is 2. The van der Waals surface area contributed by atoms with Gasteiger partial charge in [-0.1, -0.05) is 84.4 Å². The number of rotatable bonds is 5. The van der Waals surface area contributed by atoms with Crippen LogP contribution >= 0.6 is 0 Å². The molecule has 3 aliphatic heterocycles. The smallest absolute Gasteiger partial charge is 0.144 e. The van der Waals surface area contributed by atoms with E-state index in [0.29, 0.717) is 24.3 Å². The Morgan fingerprint density at radius 3 is 2.03 bits per heavy atom. The molecule has 0 aromatic heterocycles. The number of ether oxygens (including phenoxy) is 1. The van der Waals surface area contributed by atoms with Crippen LogP contribution in [-0.4, -0.2) is 47.9 Å². The molecule has 0 amide bonds. The van der Waals surface area contributed by atoms with Crippen LogP contribution in [0, 0.1) is 0 Å². The quantitative estimate of drug-likeness (QED) is 0.424. The molecule has 4 nitrogen and oxygen atoms in total. The summed E-state index contributed by atoms with van der Waals surface area (Å²) in [5, 5.41) is 0. The van der Waals surface area contributed by atoms with Crippen molar-refractivity contribution >= 4 is 5.78 Å². The SMILES string of the molecule is COc1ccc2cc1[C@@H]1CC(=CCC1=O)C[C@H]1CN(Cc3ccccc3)[C@@H](C2)CN1Cc1ccccc1. The lowest BCUT2D eigenvalue weighted by Gasteiger charge is -2.47. The molecule has 0 spiro atoms. The summed E-state index contributed by atoms with van der Waals surface area (Å²) in [5.41, 5.74) is 6.52. The summed E-state index contributed by atoms with van der Waals surface area (Å²) in [7, 11) is 1.72. The summed E-state index contributed by atoms with van der Waals surface area (Å²) in [5.74, 6) is 1.06. The molecule has 4 heteroatoms. The van der Waals surface area contributed by atoms with Crippen molar-refractivity contribution in [2.24, 2.45) is 0 Å². The van der Waals surface area contributed by atoms with Crippen molar-refractivity contribution in [2.45, 2.75) is 56.8 Å². The molecular formula is C33H36N2O2. The van der Waals surface area contributed by atoms with Gasteiger partial charge in [-0.25, -0.2) is 0 Å². The van der Waals surface area contributed by atoms with E-state index in [4.69, 9.17) is 4.74 Å². The van der Waals surface area contributed by atoms with Gasteiger partial charge in [-0.2, -0.15) is 0 Å². The van der Waals surface area contributed by atoms with Crippen LogP contribution in [0.4, 0.5) is 0 Å². The Morgan fingerprint density at radius 2 is 1.41 bits per heavy atom. The largest absolute Gasteiger partial charge is 0.496 e. The minimum atomic E-state index is -0.101. The van der Waals surface area contributed by atoms with Gasteiger partial charge in [0.1, 0.15) is 11.5 Å².